The summed E-state index contributed by atoms with van der Waals surface area (Å²) in [4.78, 5) is 24.2. The third-order valence-corrected chi connectivity index (χ3v) is 4.86. The Hall–Kier alpha value is -2.14. The highest BCUT2D eigenvalue weighted by molar-refractivity contribution is 7.12. The molecule has 22 heavy (non-hydrogen) atoms. The van der Waals surface area contributed by atoms with Crippen LogP contribution in [0.3, 0.4) is 0 Å². The van der Waals surface area contributed by atoms with Crippen molar-refractivity contribution in [2.45, 2.75) is 25.8 Å². The van der Waals surface area contributed by atoms with Gasteiger partial charge in [0.2, 0.25) is 0 Å². The molecule has 0 saturated carbocycles. The standard InChI is InChI=1S/C17H17NO3S/c1-10(14-8-21-15-6-4-3-5-13(14)15)18-17(20)16-7-12(9-22-16)11(2)19/h3-7,9-10,14H,8H2,1-2H3,(H,18,20)/t10-,14+/m1/s1. The number of rotatable bonds is 4. The molecule has 1 aromatic heterocycles. The molecule has 2 atom stereocenters. The summed E-state index contributed by atoms with van der Waals surface area (Å²) in [5.74, 6) is 0.867. The van der Waals surface area contributed by atoms with Crippen LogP contribution in [0.2, 0.25) is 0 Å². The van der Waals surface area contributed by atoms with Crippen LogP contribution < -0.4 is 10.1 Å². The van der Waals surface area contributed by atoms with Gasteiger partial charge in [0, 0.05) is 28.5 Å². The maximum absolute atomic E-state index is 12.3. The molecule has 3 rings (SSSR count). The number of benzene rings is 1. The van der Waals surface area contributed by atoms with Crippen LogP contribution >= 0.6 is 11.3 Å². The first kappa shape index (κ1) is 14.8. The summed E-state index contributed by atoms with van der Waals surface area (Å²) < 4.78 is 5.66. The van der Waals surface area contributed by atoms with Crippen LogP contribution in [0, 0.1) is 0 Å². The number of Topliss-reactive ketones (excluding diaryl/α,β-unsaturated/α-hetero) is 1. The molecule has 0 saturated heterocycles. The zero-order valence-corrected chi connectivity index (χ0v) is 13.3. The van der Waals surface area contributed by atoms with E-state index in [0.29, 0.717) is 17.0 Å². The number of nitrogens with one attached hydrogen (secondary N) is 1. The van der Waals surface area contributed by atoms with E-state index in [2.05, 4.69) is 5.32 Å². The molecule has 5 heteroatoms. The van der Waals surface area contributed by atoms with Crippen molar-refractivity contribution in [2.24, 2.45) is 0 Å². The van der Waals surface area contributed by atoms with Crippen molar-refractivity contribution >= 4 is 23.0 Å². The predicted molar refractivity (Wildman–Crippen MR) is 85.9 cm³/mol. The lowest BCUT2D eigenvalue weighted by Crippen LogP contribution is -2.37. The highest BCUT2D eigenvalue weighted by Crippen LogP contribution is 2.35. The van der Waals surface area contributed by atoms with Gasteiger partial charge in [-0.15, -0.1) is 11.3 Å². The van der Waals surface area contributed by atoms with E-state index in [1.165, 1.54) is 18.3 Å². The molecule has 0 radical (unpaired) electrons. The minimum Gasteiger partial charge on any atom is -0.493 e. The SMILES string of the molecule is CC(=O)c1csc(C(=O)N[C@H](C)[C@@H]2COc3ccccc32)c1. The molecule has 1 aliphatic rings. The van der Waals surface area contributed by atoms with Crippen molar-refractivity contribution in [3.05, 3.63) is 51.7 Å². The van der Waals surface area contributed by atoms with E-state index in [4.69, 9.17) is 4.74 Å². The molecule has 0 unspecified atom stereocenters. The molecule has 0 fully saturated rings. The number of fused-ring (bicyclic) bond motifs is 1. The Kier molecular flexibility index (Phi) is 3.98. The van der Waals surface area contributed by atoms with Gasteiger partial charge >= 0.3 is 0 Å². The van der Waals surface area contributed by atoms with Crippen LogP contribution in [0.1, 0.15) is 45.4 Å². The molecular formula is C17H17NO3S. The van der Waals surface area contributed by atoms with Crippen molar-refractivity contribution in [3.63, 3.8) is 0 Å². The first-order chi connectivity index (χ1) is 10.6. The molecule has 2 aromatic rings. The number of thiophene rings is 1. The van der Waals surface area contributed by atoms with Gasteiger partial charge in [-0.05, 0) is 26.0 Å². The van der Waals surface area contributed by atoms with Gasteiger partial charge in [-0.3, -0.25) is 9.59 Å². The number of para-hydroxylation sites is 1. The number of hydrogen-bond acceptors (Lipinski definition) is 4. The Morgan fingerprint density at radius 1 is 1.36 bits per heavy atom. The maximum Gasteiger partial charge on any atom is 0.261 e. The van der Waals surface area contributed by atoms with Crippen LogP contribution in [0.15, 0.2) is 35.7 Å². The van der Waals surface area contributed by atoms with E-state index < -0.39 is 0 Å². The molecule has 1 N–H and O–H groups in total. The average Bonchev–Trinajstić information content (AvgIpc) is 3.14. The lowest BCUT2D eigenvalue weighted by atomic mass is 9.94. The van der Waals surface area contributed by atoms with Gasteiger partial charge < -0.3 is 10.1 Å². The number of hydrogen-bond donors (Lipinski definition) is 1. The summed E-state index contributed by atoms with van der Waals surface area (Å²) >= 11 is 1.29. The Labute approximate surface area is 133 Å². The first-order valence-electron chi connectivity index (χ1n) is 7.18. The second-order valence-corrected chi connectivity index (χ2v) is 6.38. The molecule has 0 spiro atoms. The zero-order chi connectivity index (χ0) is 15.7. The lowest BCUT2D eigenvalue weighted by molar-refractivity contribution is 0.0936. The van der Waals surface area contributed by atoms with Gasteiger partial charge in [0.15, 0.2) is 5.78 Å². The number of carbonyl (C=O) groups is 2. The predicted octanol–water partition coefficient (Wildman–Crippen LogP) is 3.25. The number of ketones is 1. The van der Waals surface area contributed by atoms with Gasteiger partial charge in [0.25, 0.3) is 5.91 Å². The van der Waals surface area contributed by atoms with E-state index in [1.54, 1.807) is 11.4 Å². The van der Waals surface area contributed by atoms with Crippen molar-refractivity contribution in [1.82, 2.24) is 5.32 Å². The third-order valence-electron chi connectivity index (χ3n) is 3.93. The third kappa shape index (κ3) is 2.76. The smallest absolute Gasteiger partial charge is 0.261 e. The van der Waals surface area contributed by atoms with E-state index in [0.717, 1.165) is 11.3 Å². The molecular weight excluding hydrogens is 298 g/mol. The number of carbonyl (C=O) groups excluding carboxylic acids is 2. The van der Waals surface area contributed by atoms with Crippen molar-refractivity contribution in [2.75, 3.05) is 6.61 Å². The minimum atomic E-state index is -0.144. The Morgan fingerprint density at radius 2 is 2.14 bits per heavy atom. The monoisotopic (exact) mass is 315 g/mol. The fourth-order valence-corrected chi connectivity index (χ4v) is 3.47. The highest BCUT2D eigenvalue weighted by atomic mass is 32.1. The highest BCUT2D eigenvalue weighted by Gasteiger charge is 2.29. The normalized spacial score (nSPS) is 17.5. The van der Waals surface area contributed by atoms with Crippen molar-refractivity contribution in [1.29, 1.82) is 0 Å². The second kappa shape index (κ2) is 5.93. The summed E-state index contributed by atoms with van der Waals surface area (Å²) in [5.41, 5.74) is 1.71. The molecule has 1 amide bonds. The van der Waals surface area contributed by atoms with Gasteiger partial charge in [-0.25, -0.2) is 0 Å². The Balaban J connectivity index is 1.70. The molecule has 4 nitrogen and oxygen atoms in total. The zero-order valence-electron chi connectivity index (χ0n) is 12.5. The largest absolute Gasteiger partial charge is 0.493 e. The topological polar surface area (TPSA) is 55.4 Å². The van der Waals surface area contributed by atoms with Gasteiger partial charge in [0.05, 0.1) is 11.5 Å². The number of ether oxygens (including phenoxy) is 1. The first-order valence-corrected chi connectivity index (χ1v) is 8.06. The molecule has 0 aliphatic carbocycles. The van der Waals surface area contributed by atoms with Gasteiger partial charge in [0.1, 0.15) is 5.75 Å². The van der Waals surface area contributed by atoms with E-state index in [-0.39, 0.29) is 23.7 Å². The Bertz CT molecular complexity index is 722. The Morgan fingerprint density at radius 3 is 2.86 bits per heavy atom. The van der Waals surface area contributed by atoms with Crippen LogP contribution in [0.25, 0.3) is 0 Å². The molecule has 1 aromatic carbocycles. The summed E-state index contributed by atoms with van der Waals surface area (Å²) in [6.07, 6.45) is 0. The summed E-state index contributed by atoms with van der Waals surface area (Å²) in [7, 11) is 0. The summed E-state index contributed by atoms with van der Waals surface area (Å²) in [5, 5.41) is 4.73. The van der Waals surface area contributed by atoms with Crippen LogP contribution in [0.5, 0.6) is 5.75 Å². The van der Waals surface area contributed by atoms with Crippen LogP contribution in [0.4, 0.5) is 0 Å². The van der Waals surface area contributed by atoms with Crippen molar-refractivity contribution in [3.8, 4) is 5.75 Å². The van der Waals surface area contributed by atoms with Crippen LogP contribution in [-0.4, -0.2) is 24.3 Å². The maximum atomic E-state index is 12.3. The molecule has 114 valence electrons. The van der Waals surface area contributed by atoms with Gasteiger partial charge in [-0.1, -0.05) is 18.2 Å². The van der Waals surface area contributed by atoms with E-state index >= 15 is 0 Å². The van der Waals surface area contributed by atoms with Crippen LogP contribution in [-0.2, 0) is 0 Å². The van der Waals surface area contributed by atoms with E-state index in [9.17, 15) is 9.59 Å². The second-order valence-electron chi connectivity index (χ2n) is 5.47. The van der Waals surface area contributed by atoms with Gasteiger partial charge in [-0.2, -0.15) is 0 Å². The quantitative estimate of drug-likeness (QED) is 0.881. The molecule has 1 aliphatic heterocycles. The fraction of sp³-hybridized carbons (Fsp3) is 0.294. The van der Waals surface area contributed by atoms with Crippen molar-refractivity contribution < 1.29 is 14.3 Å². The summed E-state index contributed by atoms with van der Waals surface area (Å²) in [6.45, 7) is 4.05. The molecule has 2 heterocycles. The minimum absolute atomic E-state index is 0.0264. The molecule has 0 bridgehead atoms. The van der Waals surface area contributed by atoms with E-state index in [1.807, 2.05) is 31.2 Å². The fourth-order valence-electron chi connectivity index (χ4n) is 2.62. The average molecular weight is 315 g/mol. The number of amides is 1. The lowest BCUT2D eigenvalue weighted by Gasteiger charge is -2.19. The summed E-state index contributed by atoms with van der Waals surface area (Å²) in [6, 6.07) is 9.51.